The Bertz CT molecular complexity index is 553. The van der Waals surface area contributed by atoms with E-state index in [4.69, 9.17) is 11.6 Å². The first-order valence-corrected chi connectivity index (χ1v) is 7.32. The van der Waals surface area contributed by atoms with Crippen LogP contribution in [-0.4, -0.2) is 17.0 Å². The molecule has 2 rings (SSSR count). The average molecular weight is 297 g/mol. The Morgan fingerprint density at radius 1 is 1.26 bits per heavy atom. The van der Waals surface area contributed by atoms with E-state index in [1.165, 1.54) is 4.88 Å². The summed E-state index contributed by atoms with van der Waals surface area (Å²) >= 11 is 7.48. The Hall–Kier alpha value is -1.33. The van der Waals surface area contributed by atoms with Crippen LogP contribution in [0.4, 0.5) is 11.6 Å². The van der Waals surface area contributed by atoms with Crippen LogP contribution >= 0.6 is 22.9 Å². The summed E-state index contributed by atoms with van der Waals surface area (Å²) in [5.41, 5.74) is 0. The first-order valence-electron chi connectivity index (χ1n) is 6.13. The highest BCUT2D eigenvalue weighted by Crippen LogP contribution is 2.23. The fourth-order valence-electron chi connectivity index (χ4n) is 1.57. The summed E-state index contributed by atoms with van der Waals surface area (Å²) in [5.74, 6) is 2.78. The Kier molecular flexibility index (Phi) is 4.61. The van der Waals surface area contributed by atoms with Crippen LogP contribution in [0.15, 0.2) is 18.2 Å². The lowest BCUT2D eigenvalue weighted by molar-refractivity contribution is 0.776. The van der Waals surface area contributed by atoms with E-state index in [0.717, 1.165) is 28.3 Å². The van der Waals surface area contributed by atoms with E-state index in [1.807, 2.05) is 25.2 Å². The lowest BCUT2D eigenvalue weighted by Crippen LogP contribution is -2.07. The van der Waals surface area contributed by atoms with Gasteiger partial charge in [-0.2, -0.15) is 0 Å². The van der Waals surface area contributed by atoms with Crippen molar-refractivity contribution in [3.05, 3.63) is 33.2 Å². The minimum atomic E-state index is 0.296. The molecule has 6 heteroatoms. The molecule has 4 nitrogen and oxygen atoms in total. The number of aromatic nitrogens is 2. The standard InChI is InChI=1S/C13H17ClN4S/c1-8(2)13-17-11(15-3)6-12(18-13)16-7-9-4-5-10(14)19-9/h4-6,8H,7H2,1-3H3,(H2,15,16,17,18). The molecular formula is C13H17ClN4S. The quantitative estimate of drug-likeness (QED) is 0.876. The number of nitrogens with one attached hydrogen (secondary N) is 2. The predicted molar refractivity (Wildman–Crippen MR) is 82.3 cm³/mol. The predicted octanol–water partition coefficient (Wildman–Crippen LogP) is 3.97. The van der Waals surface area contributed by atoms with E-state index >= 15 is 0 Å². The average Bonchev–Trinajstić information content (AvgIpc) is 2.81. The van der Waals surface area contributed by atoms with Crippen molar-refractivity contribution in [2.24, 2.45) is 0 Å². The zero-order chi connectivity index (χ0) is 13.8. The van der Waals surface area contributed by atoms with E-state index in [9.17, 15) is 0 Å². The highest BCUT2D eigenvalue weighted by Gasteiger charge is 2.07. The Morgan fingerprint density at radius 2 is 2.00 bits per heavy atom. The summed E-state index contributed by atoms with van der Waals surface area (Å²) in [7, 11) is 1.86. The van der Waals surface area contributed by atoms with Crippen LogP contribution in [0.1, 0.15) is 30.5 Å². The number of hydrogen-bond acceptors (Lipinski definition) is 5. The summed E-state index contributed by atoms with van der Waals surface area (Å²) < 4.78 is 0.804. The van der Waals surface area contributed by atoms with E-state index in [-0.39, 0.29) is 0 Å². The summed E-state index contributed by atoms with van der Waals surface area (Å²) in [6, 6.07) is 5.83. The van der Waals surface area contributed by atoms with Crippen LogP contribution in [0, 0.1) is 0 Å². The van der Waals surface area contributed by atoms with Crippen molar-refractivity contribution in [3.8, 4) is 0 Å². The van der Waals surface area contributed by atoms with Crippen molar-refractivity contribution in [2.75, 3.05) is 17.7 Å². The summed E-state index contributed by atoms with van der Waals surface area (Å²) in [6.07, 6.45) is 0. The van der Waals surface area contributed by atoms with Gasteiger partial charge in [-0.25, -0.2) is 9.97 Å². The SMILES string of the molecule is CNc1cc(NCc2ccc(Cl)s2)nc(C(C)C)n1. The molecule has 0 fully saturated rings. The number of rotatable bonds is 5. The third-order valence-corrected chi connectivity index (χ3v) is 3.82. The first kappa shape index (κ1) is 14.1. The Balaban J connectivity index is 2.12. The van der Waals surface area contributed by atoms with Crippen LogP contribution in [0.25, 0.3) is 0 Å². The number of anilines is 2. The molecule has 0 radical (unpaired) electrons. The van der Waals surface area contributed by atoms with Gasteiger partial charge in [-0.3, -0.25) is 0 Å². The van der Waals surface area contributed by atoms with E-state index in [0.29, 0.717) is 5.92 Å². The van der Waals surface area contributed by atoms with Gasteiger partial charge < -0.3 is 10.6 Å². The molecule has 102 valence electrons. The van der Waals surface area contributed by atoms with Gasteiger partial charge in [-0.1, -0.05) is 25.4 Å². The second-order valence-electron chi connectivity index (χ2n) is 4.46. The summed E-state index contributed by atoms with van der Waals surface area (Å²) in [6.45, 7) is 4.88. The Morgan fingerprint density at radius 3 is 2.58 bits per heavy atom. The second-order valence-corrected chi connectivity index (χ2v) is 6.26. The molecule has 0 atom stereocenters. The van der Waals surface area contributed by atoms with Crippen LogP contribution < -0.4 is 10.6 Å². The van der Waals surface area contributed by atoms with E-state index in [2.05, 4.69) is 34.4 Å². The van der Waals surface area contributed by atoms with Gasteiger partial charge in [-0.05, 0) is 12.1 Å². The van der Waals surface area contributed by atoms with Crippen LogP contribution in [-0.2, 0) is 6.54 Å². The number of nitrogens with zero attached hydrogens (tertiary/aromatic N) is 2. The minimum absolute atomic E-state index is 0.296. The van der Waals surface area contributed by atoms with Crippen molar-refractivity contribution in [1.82, 2.24) is 9.97 Å². The van der Waals surface area contributed by atoms with Crippen molar-refractivity contribution in [2.45, 2.75) is 26.3 Å². The zero-order valence-corrected chi connectivity index (χ0v) is 12.8. The minimum Gasteiger partial charge on any atom is -0.373 e. The molecule has 0 aliphatic carbocycles. The molecular weight excluding hydrogens is 280 g/mol. The van der Waals surface area contributed by atoms with Gasteiger partial charge in [0.05, 0.1) is 10.9 Å². The molecule has 2 aromatic rings. The maximum atomic E-state index is 5.91. The van der Waals surface area contributed by atoms with Gasteiger partial charge in [0.2, 0.25) is 0 Å². The van der Waals surface area contributed by atoms with Crippen LogP contribution in [0.2, 0.25) is 4.34 Å². The van der Waals surface area contributed by atoms with Gasteiger partial charge in [0.15, 0.2) is 0 Å². The van der Waals surface area contributed by atoms with Crippen molar-refractivity contribution in [1.29, 1.82) is 0 Å². The van der Waals surface area contributed by atoms with Crippen molar-refractivity contribution < 1.29 is 0 Å². The van der Waals surface area contributed by atoms with Gasteiger partial charge in [-0.15, -0.1) is 11.3 Å². The fourth-order valence-corrected chi connectivity index (χ4v) is 2.59. The molecule has 19 heavy (non-hydrogen) atoms. The monoisotopic (exact) mass is 296 g/mol. The molecule has 0 aromatic carbocycles. The summed E-state index contributed by atoms with van der Waals surface area (Å²) in [4.78, 5) is 10.1. The molecule has 0 unspecified atom stereocenters. The van der Waals surface area contributed by atoms with Gasteiger partial charge in [0, 0.05) is 23.9 Å². The molecule has 2 N–H and O–H groups in total. The van der Waals surface area contributed by atoms with Gasteiger partial charge in [0.1, 0.15) is 17.5 Å². The molecule has 0 aliphatic heterocycles. The van der Waals surface area contributed by atoms with Crippen molar-refractivity contribution >= 4 is 34.6 Å². The molecule has 0 amide bonds. The van der Waals surface area contributed by atoms with E-state index < -0.39 is 0 Å². The zero-order valence-electron chi connectivity index (χ0n) is 11.2. The number of hydrogen-bond donors (Lipinski definition) is 2. The molecule has 0 spiro atoms. The molecule has 0 bridgehead atoms. The number of halogens is 1. The highest BCUT2D eigenvalue weighted by molar-refractivity contribution is 7.16. The van der Waals surface area contributed by atoms with Gasteiger partial charge in [0.25, 0.3) is 0 Å². The lowest BCUT2D eigenvalue weighted by Gasteiger charge is -2.11. The first-order chi connectivity index (χ1) is 9.08. The normalized spacial score (nSPS) is 10.8. The highest BCUT2D eigenvalue weighted by atomic mass is 35.5. The van der Waals surface area contributed by atoms with Crippen LogP contribution in [0.3, 0.4) is 0 Å². The second kappa shape index (κ2) is 6.21. The lowest BCUT2D eigenvalue weighted by atomic mass is 10.2. The maximum absolute atomic E-state index is 5.91. The smallest absolute Gasteiger partial charge is 0.135 e. The number of thiophene rings is 1. The Labute approximate surface area is 122 Å². The van der Waals surface area contributed by atoms with Gasteiger partial charge >= 0.3 is 0 Å². The molecule has 0 saturated carbocycles. The topological polar surface area (TPSA) is 49.8 Å². The largest absolute Gasteiger partial charge is 0.373 e. The molecule has 0 aliphatic rings. The van der Waals surface area contributed by atoms with Crippen molar-refractivity contribution in [3.63, 3.8) is 0 Å². The third kappa shape index (κ3) is 3.81. The summed E-state index contributed by atoms with van der Waals surface area (Å²) in [5, 5.41) is 6.36. The van der Waals surface area contributed by atoms with Crippen LogP contribution in [0.5, 0.6) is 0 Å². The maximum Gasteiger partial charge on any atom is 0.135 e. The van der Waals surface area contributed by atoms with E-state index in [1.54, 1.807) is 11.3 Å². The molecule has 2 aromatic heterocycles. The third-order valence-electron chi connectivity index (χ3n) is 2.59. The fraction of sp³-hybridized carbons (Fsp3) is 0.385. The molecule has 0 saturated heterocycles. The molecule has 2 heterocycles.